The number of aromatic hydroxyl groups is 1. The van der Waals surface area contributed by atoms with Gasteiger partial charge in [0, 0.05) is 20.2 Å². The molecule has 0 unspecified atom stereocenters. The molecule has 7 heteroatoms. The predicted molar refractivity (Wildman–Crippen MR) is 109 cm³/mol. The highest BCUT2D eigenvalue weighted by molar-refractivity contribution is 14.0. The Labute approximate surface area is 162 Å². The maximum absolute atomic E-state index is 9.73. The zero-order valence-corrected chi connectivity index (χ0v) is 17.5. The maximum Gasteiger partial charge on any atom is 0.191 e. The number of benzene rings is 1. The van der Waals surface area contributed by atoms with Gasteiger partial charge in [-0.25, -0.2) is 4.99 Å². The summed E-state index contributed by atoms with van der Waals surface area (Å²) < 4.78 is 10.8. The van der Waals surface area contributed by atoms with Crippen molar-refractivity contribution >= 4 is 29.9 Å². The molecule has 6 nitrogen and oxygen atoms in total. The molecule has 138 valence electrons. The molecule has 0 aliphatic carbocycles. The quantitative estimate of drug-likeness (QED) is 0.322. The molecule has 0 fully saturated rings. The van der Waals surface area contributed by atoms with Gasteiger partial charge in [-0.1, -0.05) is 6.07 Å². The van der Waals surface area contributed by atoms with Crippen molar-refractivity contribution in [3.05, 3.63) is 23.8 Å². The van der Waals surface area contributed by atoms with E-state index < -0.39 is 0 Å². The number of rotatable bonds is 8. The van der Waals surface area contributed by atoms with Gasteiger partial charge in [0.05, 0.1) is 18.8 Å². The van der Waals surface area contributed by atoms with Crippen molar-refractivity contribution in [1.29, 1.82) is 0 Å². The monoisotopic (exact) mass is 451 g/mol. The van der Waals surface area contributed by atoms with Crippen molar-refractivity contribution in [2.24, 2.45) is 4.99 Å². The van der Waals surface area contributed by atoms with E-state index in [4.69, 9.17) is 9.47 Å². The molecule has 0 bridgehead atoms. The summed E-state index contributed by atoms with van der Waals surface area (Å²) in [5, 5.41) is 16.2. The predicted octanol–water partition coefficient (Wildman–Crippen LogP) is 2.89. The number of phenols is 1. The van der Waals surface area contributed by atoms with Crippen LogP contribution in [0.15, 0.2) is 23.2 Å². The van der Waals surface area contributed by atoms with Gasteiger partial charge in [-0.3, -0.25) is 0 Å². The average molecular weight is 451 g/mol. The minimum atomic E-state index is -0.267. The smallest absolute Gasteiger partial charge is 0.191 e. The van der Waals surface area contributed by atoms with Crippen LogP contribution in [0, 0.1) is 0 Å². The Hall–Kier alpha value is -1.22. The van der Waals surface area contributed by atoms with E-state index in [0.29, 0.717) is 25.4 Å². The molecule has 0 aromatic heterocycles. The lowest BCUT2D eigenvalue weighted by Gasteiger charge is -2.24. The summed E-state index contributed by atoms with van der Waals surface area (Å²) in [5.74, 6) is 1.36. The summed E-state index contributed by atoms with van der Waals surface area (Å²) in [6, 6.07) is 5.28. The molecule has 3 N–H and O–H groups in total. The van der Waals surface area contributed by atoms with E-state index in [1.165, 1.54) is 0 Å². The number of nitrogens with zero attached hydrogens (tertiary/aromatic N) is 1. The summed E-state index contributed by atoms with van der Waals surface area (Å²) in [7, 11) is 1.69. The first-order valence-corrected chi connectivity index (χ1v) is 7.94. The number of nitrogens with one attached hydrogen (secondary N) is 2. The first-order chi connectivity index (χ1) is 10.9. The van der Waals surface area contributed by atoms with E-state index in [1.54, 1.807) is 13.2 Å². The van der Waals surface area contributed by atoms with Crippen LogP contribution in [0.3, 0.4) is 0 Å². The highest BCUT2D eigenvalue weighted by atomic mass is 127. The van der Waals surface area contributed by atoms with E-state index in [2.05, 4.69) is 15.6 Å². The number of aliphatic imine (C=N–C) groups is 1. The average Bonchev–Trinajstić information content (AvgIpc) is 2.53. The lowest BCUT2D eigenvalue weighted by molar-refractivity contribution is 0.0268. The van der Waals surface area contributed by atoms with Crippen LogP contribution in [-0.4, -0.2) is 43.5 Å². The molecule has 0 saturated heterocycles. The summed E-state index contributed by atoms with van der Waals surface area (Å²) in [6.45, 7) is 10.4. The Morgan fingerprint density at radius 2 is 1.96 bits per heavy atom. The Morgan fingerprint density at radius 3 is 2.54 bits per heavy atom. The number of hydrogen-bond donors (Lipinski definition) is 3. The summed E-state index contributed by atoms with van der Waals surface area (Å²) in [6.07, 6.45) is 0. The van der Waals surface area contributed by atoms with E-state index in [9.17, 15) is 5.11 Å². The number of ether oxygens (including phenoxy) is 2. The number of halogens is 1. The largest absolute Gasteiger partial charge is 0.504 e. The van der Waals surface area contributed by atoms with Crippen molar-refractivity contribution in [2.75, 3.05) is 26.8 Å². The maximum atomic E-state index is 9.73. The molecule has 1 rings (SSSR count). The van der Waals surface area contributed by atoms with Crippen LogP contribution in [0.2, 0.25) is 0 Å². The fourth-order valence-corrected chi connectivity index (χ4v) is 1.81. The second kappa shape index (κ2) is 11.4. The molecule has 24 heavy (non-hydrogen) atoms. The first-order valence-electron chi connectivity index (χ1n) is 7.94. The normalized spacial score (nSPS) is 11.6. The van der Waals surface area contributed by atoms with Crippen molar-refractivity contribution in [3.63, 3.8) is 0 Å². The molecule has 0 radical (unpaired) electrons. The SMILES string of the molecule is CCNC(=NCc1ccc(O)c(OCC)c1)NCC(C)(C)OC.I. The van der Waals surface area contributed by atoms with Gasteiger partial charge < -0.3 is 25.2 Å². The second-order valence-electron chi connectivity index (χ2n) is 5.75. The minimum Gasteiger partial charge on any atom is -0.504 e. The Balaban J connectivity index is 0.00000529. The summed E-state index contributed by atoms with van der Waals surface area (Å²) in [4.78, 5) is 4.55. The molecule has 0 saturated carbocycles. The van der Waals surface area contributed by atoms with Gasteiger partial charge in [-0.2, -0.15) is 0 Å². The fourth-order valence-electron chi connectivity index (χ4n) is 1.81. The van der Waals surface area contributed by atoms with E-state index >= 15 is 0 Å². The second-order valence-corrected chi connectivity index (χ2v) is 5.75. The number of phenolic OH excluding ortho intramolecular Hbond substituents is 1. The fraction of sp³-hybridized carbons (Fsp3) is 0.588. The van der Waals surface area contributed by atoms with E-state index in [1.807, 2.05) is 39.8 Å². The Morgan fingerprint density at radius 1 is 1.25 bits per heavy atom. The van der Waals surface area contributed by atoms with Crippen LogP contribution in [-0.2, 0) is 11.3 Å². The molecule has 0 amide bonds. The third-order valence-electron chi connectivity index (χ3n) is 3.32. The zero-order chi connectivity index (χ0) is 17.3. The van der Waals surface area contributed by atoms with E-state index in [0.717, 1.165) is 18.1 Å². The third-order valence-corrected chi connectivity index (χ3v) is 3.32. The zero-order valence-electron chi connectivity index (χ0n) is 15.2. The summed E-state index contributed by atoms with van der Waals surface area (Å²) >= 11 is 0. The van der Waals surface area contributed by atoms with Crippen LogP contribution in [0.25, 0.3) is 0 Å². The topological polar surface area (TPSA) is 75.1 Å². The van der Waals surface area contributed by atoms with Crippen molar-refractivity contribution < 1.29 is 14.6 Å². The molecular formula is C17H30IN3O3. The first kappa shape index (κ1) is 22.8. The molecule has 0 heterocycles. The van der Waals surface area contributed by atoms with Gasteiger partial charge in [-0.05, 0) is 45.4 Å². The molecule has 1 aromatic carbocycles. The molecule has 0 spiro atoms. The van der Waals surface area contributed by atoms with E-state index in [-0.39, 0.29) is 35.3 Å². The number of hydrogen-bond acceptors (Lipinski definition) is 4. The highest BCUT2D eigenvalue weighted by Crippen LogP contribution is 2.27. The Bertz CT molecular complexity index is 522. The van der Waals surface area contributed by atoms with Crippen LogP contribution < -0.4 is 15.4 Å². The van der Waals surface area contributed by atoms with Crippen LogP contribution in [0.1, 0.15) is 33.3 Å². The number of guanidine groups is 1. The van der Waals surface area contributed by atoms with Gasteiger partial charge in [-0.15, -0.1) is 24.0 Å². The lowest BCUT2D eigenvalue weighted by Crippen LogP contribution is -2.45. The van der Waals surface area contributed by atoms with Gasteiger partial charge in [0.25, 0.3) is 0 Å². The van der Waals surface area contributed by atoms with Crippen LogP contribution in [0.5, 0.6) is 11.5 Å². The standard InChI is InChI=1S/C17H29N3O3.HI/c1-6-18-16(20-12-17(3,4)22-5)19-11-13-8-9-14(21)15(10-13)23-7-2;/h8-10,21H,6-7,11-12H2,1-5H3,(H2,18,19,20);1H. The van der Waals surface area contributed by atoms with Gasteiger partial charge in [0.15, 0.2) is 17.5 Å². The van der Waals surface area contributed by atoms with Crippen LogP contribution >= 0.6 is 24.0 Å². The van der Waals surface area contributed by atoms with Gasteiger partial charge >= 0.3 is 0 Å². The van der Waals surface area contributed by atoms with Crippen molar-refractivity contribution in [3.8, 4) is 11.5 Å². The lowest BCUT2D eigenvalue weighted by atomic mass is 10.1. The van der Waals surface area contributed by atoms with Gasteiger partial charge in [0.1, 0.15) is 0 Å². The number of methoxy groups -OCH3 is 1. The van der Waals surface area contributed by atoms with Crippen molar-refractivity contribution in [1.82, 2.24) is 10.6 Å². The molecule has 0 atom stereocenters. The van der Waals surface area contributed by atoms with Crippen molar-refractivity contribution in [2.45, 2.75) is 39.8 Å². The van der Waals surface area contributed by atoms with Gasteiger partial charge in [0.2, 0.25) is 0 Å². The summed E-state index contributed by atoms with van der Waals surface area (Å²) in [5.41, 5.74) is 0.700. The molecule has 0 aliphatic rings. The third kappa shape index (κ3) is 8.05. The molecule has 0 aliphatic heterocycles. The van der Waals surface area contributed by atoms with Crippen LogP contribution in [0.4, 0.5) is 0 Å². The molecule has 1 aromatic rings. The Kier molecular flexibility index (Phi) is 10.8. The highest BCUT2D eigenvalue weighted by Gasteiger charge is 2.16. The minimum absolute atomic E-state index is 0. The molecular weight excluding hydrogens is 421 g/mol.